The summed E-state index contributed by atoms with van der Waals surface area (Å²) >= 11 is 3.23. The number of halogens is 2. The molecule has 0 spiro atoms. The summed E-state index contributed by atoms with van der Waals surface area (Å²) < 4.78 is 20.4. The van der Waals surface area contributed by atoms with E-state index >= 15 is 0 Å². The Hall–Kier alpha value is -1.76. The molecular weight excluding hydrogens is 329 g/mol. The Bertz CT molecular complexity index is 622. The molecule has 1 heterocycles. The quantitative estimate of drug-likeness (QED) is 0.802. The van der Waals surface area contributed by atoms with Crippen molar-refractivity contribution in [2.45, 2.75) is 20.4 Å². The third kappa shape index (κ3) is 3.22. The van der Waals surface area contributed by atoms with Gasteiger partial charge in [0.1, 0.15) is 5.82 Å². The first kappa shape index (κ1) is 14.6. The lowest BCUT2D eigenvalue weighted by Crippen LogP contribution is -2.09. The molecule has 1 aromatic carbocycles. The van der Waals surface area contributed by atoms with Crippen molar-refractivity contribution >= 4 is 21.9 Å². The summed E-state index contributed by atoms with van der Waals surface area (Å²) in [6.45, 7) is 4.05. The highest BCUT2D eigenvalue weighted by Crippen LogP contribution is 2.16. The number of hydrogen-bond donors (Lipinski definition) is 0. The molecule has 0 saturated heterocycles. The zero-order valence-electron chi connectivity index (χ0n) is 11.1. The summed E-state index contributed by atoms with van der Waals surface area (Å²) in [6.07, 6.45) is 0. The van der Waals surface area contributed by atoms with Crippen molar-refractivity contribution in [3.05, 3.63) is 45.4 Å². The molecule has 0 fully saturated rings. The van der Waals surface area contributed by atoms with Crippen LogP contribution in [0.5, 0.6) is 0 Å². The minimum atomic E-state index is -0.503. The Morgan fingerprint density at radius 3 is 2.85 bits per heavy atom. The first-order valence-corrected chi connectivity index (χ1v) is 6.82. The van der Waals surface area contributed by atoms with Crippen LogP contribution in [0.15, 0.2) is 22.7 Å². The summed E-state index contributed by atoms with van der Waals surface area (Å²) in [7, 11) is 0. The maximum atomic E-state index is 13.3. The van der Waals surface area contributed by atoms with E-state index in [0.717, 1.165) is 5.56 Å². The van der Waals surface area contributed by atoms with Crippen LogP contribution in [0, 0.1) is 12.7 Å². The molecule has 106 valence electrons. The van der Waals surface area contributed by atoms with E-state index < -0.39 is 5.97 Å². The number of carbonyl (C=O) groups excluding carboxylic acids is 1. The lowest BCUT2D eigenvalue weighted by Gasteiger charge is -2.05. The standard InChI is InChI=1S/C13H13BrFN3O2/c1-3-20-13(19)12-8(2)18(17-16-12)7-9-4-10(14)6-11(15)5-9/h4-6H,3,7H2,1-2H3. The number of benzene rings is 1. The summed E-state index contributed by atoms with van der Waals surface area (Å²) in [5.74, 6) is -0.838. The maximum Gasteiger partial charge on any atom is 0.360 e. The summed E-state index contributed by atoms with van der Waals surface area (Å²) in [6, 6.07) is 4.58. The van der Waals surface area contributed by atoms with Crippen molar-refractivity contribution in [2.75, 3.05) is 6.61 Å². The monoisotopic (exact) mass is 341 g/mol. The molecule has 1 aromatic heterocycles. The fourth-order valence-electron chi connectivity index (χ4n) is 1.77. The molecule has 0 unspecified atom stereocenters. The van der Waals surface area contributed by atoms with Gasteiger partial charge in [0.15, 0.2) is 5.69 Å². The van der Waals surface area contributed by atoms with Gasteiger partial charge in [0.05, 0.1) is 18.8 Å². The predicted octanol–water partition coefficient (Wildman–Crippen LogP) is 2.71. The van der Waals surface area contributed by atoms with Gasteiger partial charge in [-0.1, -0.05) is 21.1 Å². The lowest BCUT2D eigenvalue weighted by molar-refractivity contribution is 0.0518. The average molecular weight is 342 g/mol. The van der Waals surface area contributed by atoms with Crippen molar-refractivity contribution in [2.24, 2.45) is 0 Å². The van der Waals surface area contributed by atoms with Gasteiger partial charge in [-0.2, -0.15) is 0 Å². The van der Waals surface area contributed by atoms with Crippen LogP contribution in [-0.2, 0) is 11.3 Å². The van der Waals surface area contributed by atoms with Gasteiger partial charge in [-0.25, -0.2) is 13.9 Å². The van der Waals surface area contributed by atoms with E-state index in [1.54, 1.807) is 19.9 Å². The minimum Gasteiger partial charge on any atom is -0.461 e. The molecule has 2 rings (SSSR count). The van der Waals surface area contributed by atoms with Crippen LogP contribution in [-0.4, -0.2) is 27.6 Å². The van der Waals surface area contributed by atoms with Crippen LogP contribution >= 0.6 is 15.9 Å². The SMILES string of the molecule is CCOC(=O)c1nnn(Cc2cc(F)cc(Br)c2)c1C. The van der Waals surface area contributed by atoms with Crippen molar-refractivity contribution < 1.29 is 13.9 Å². The molecule has 0 aliphatic heterocycles. The number of ether oxygens (including phenoxy) is 1. The molecule has 0 aliphatic carbocycles. The number of aromatic nitrogens is 3. The minimum absolute atomic E-state index is 0.183. The highest BCUT2D eigenvalue weighted by atomic mass is 79.9. The van der Waals surface area contributed by atoms with Gasteiger partial charge < -0.3 is 4.74 Å². The Kier molecular flexibility index (Phi) is 4.49. The highest BCUT2D eigenvalue weighted by Gasteiger charge is 2.17. The molecule has 0 atom stereocenters. The van der Waals surface area contributed by atoms with Crippen molar-refractivity contribution in [1.82, 2.24) is 15.0 Å². The predicted molar refractivity (Wildman–Crippen MR) is 73.9 cm³/mol. The second kappa shape index (κ2) is 6.13. The van der Waals surface area contributed by atoms with Crippen molar-refractivity contribution in [3.63, 3.8) is 0 Å². The zero-order chi connectivity index (χ0) is 14.7. The van der Waals surface area contributed by atoms with Crippen LogP contribution in [0.3, 0.4) is 0 Å². The van der Waals surface area contributed by atoms with Gasteiger partial charge in [0.2, 0.25) is 0 Å². The topological polar surface area (TPSA) is 57.0 Å². The zero-order valence-corrected chi connectivity index (χ0v) is 12.6. The van der Waals surface area contributed by atoms with Crippen LogP contribution in [0.2, 0.25) is 0 Å². The third-order valence-corrected chi connectivity index (χ3v) is 3.16. The maximum absolute atomic E-state index is 13.3. The summed E-state index contributed by atoms with van der Waals surface area (Å²) in [4.78, 5) is 11.6. The first-order chi connectivity index (χ1) is 9.51. The Morgan fingerprint density at radius 1 is 1.45 bits per heavy atom. The number of nitrogens with zero attached hydrogens (tertiary/aromatic N) is 3. The molecule has 0 bridgehead atoms. The van der Waals surface area contributed by atoms with Gasteiger partial charge in [-0.05, 0) is 37.6 Å². The van der Waals surface area contributed by atoms with Crippen molar-refractivity contribution in [1.29, 1.82) is 0 Å². The molecule has 5 nitrogen and oxygen atoms in total. The Balaban J connectivity index is 2.24. The Labute approximate surface area is 123 Å². The fourth-order valence-corrected chi connectivity index (χ4v) is 2.29. The van der Waals surface area contributed by atoms with Crippen LogP contribution in [0.4, 0.5) is 4.39 Å². The van der Waals surface area contributed by atoms with Gasteiger partial charge >= 0.3 is 5.97 Å². The third-order valence-electron chi connectivity index (χ3n) is 2.71. The Morgan fingerprint density at radius 2 is 2.20 bits per heavy atom. The van der Waals surface area contributed by atoms with E-state index in [-0.39, 0.29) is 18.1 Å². The summed E-state index contributed by atoms with van der Waals surface area (Å²) in [5.41, 5.74) is 1.49. The lowest BCUT2D eigenvalue weighted by atomic mass is 10.2. The van der Waals surface area contributed by atoms with Gasteiger partial charge in [-0.15, -0.1) is 5.10 Å². The fraction of sp³-hybridized carbons (Fsp3) is 0.308. The average Bonchev–Trinajstić information content (AvgIpc) is 2.70. The van der Waals surface area contributed by atoms with E-state index in [2.05, 4.69) is 26.2 Å². The highest BCUT2D eigenvalue weighted by molar-refractivity contribution is 9.10. The molecular formula is C13H13BrFN3O2. The second-order valence-electron chi connectivity index (χ2n) is 4.18. The smallest absolute Gasteiger partial charge is 0.360 e. The number of rotatable bonds is 4. The van der Waals surface area contributed by atoms with E-state index in [4.69, 9.17) is 4.74 Å². The number of hydrogen-bond acceptors (Lipinski definition) is 4. The molecule has 2 aromatic rings. The molecule has 0 saturated carbocycles. The first-order valence-electron chi connectivity index (χ1n) is 6.03. The van der Waals surface area contributed by atoms with Crippen LogP contribution < -0.4 is 0 Å². The molecule has 0 amide bonds. The normalized spacial score (nSPS) is 10.6. The van der Waals surface area contributed by atoms with Crippen LogP contribution in [0.25, 0.3) is 0 Å². The molecule has 0 radical (unpaired) electrons. The van der Waals surface area contributed by atoms with Gasteiger partial charge in [0.25, 0.3) is 0 Å². The number of esters is 1. The van der Waals surface area contributed by atoms with Crippen molar-refractivity contribution in [3.8, 4) is 0 Å². The van der Waals surface area contributed by atoms with Crippen LogP contribution in [0.1, 0.15) is 28.7 Å². The van der Waals surface area contributed by atoms with E-state index in [1.807, 2.05) is 0 Å². The molecule has 7 heteroatoms. The van der Waals surface area contributed by atoms with Gasteiger partial charge in [-0.3, -0.25) is 0 Å². The van der Waals surface area contributed by atoms with E-state index in [1.165, 1.54) is 16.8 Å². The van der Waals surface area contributed by atoms with Gasteiger partial charge in [0, 0.05) is 4.47 Å². The molecule has 0 aliphatic rings. The largest absolute Gasteiger partial charge is 0.461 e. The van der Waals surface area contributed by atoms with E-state index in [0.29, 0.717) is 16.7 Å². The molecule has 20 heavy (non-hydrogen) atoms. The van der Waals surface area contributed by atoms with E-state index in [9.17, 15) is 9.18 Å². The second-order valence-corrected chi connectivity index (χ2v) is 5.09. The summed E-state index contributed by atoms with van der Waals surface area (Å²) in [5, 5.41) is 7.71. The number of carbonyl (C=O) groups is 1. The molecule has 0 N–H and O–H groups in total.